The van der Waals surface area contributed by atoms with Crippen molar-refractivity contribution >= 4 is 5.71 Å². The highest BCUT2D eigenvalue weighted by molar-refractivity contribution is 6.18. The second kappa shape index (κ2) is 5.14. The number of nitrogens with zero attached hydrogens (tertiary/aromatic N) is 1. The van der Waals surface area contributed by atoms with Crippen molar-refractivity contribution in [1.82, 2.24) is 0 Å². The van der Waals surface area contributed by atoms with E-state index < -0.39 is 5.60 Å². The van der Waals surface area contributed by atoms with Gasteiger partial charge in [-0.05, 0) is 31.0 Å². The van der Waals surface area contributed by atoms with Crippen LogP contribution in [0.1, 0.15) is 23.6 Å². The average molecular weight is 353 g/mol. The Morgan fingerprint density at radius 1 is 1.08 bits per heavy atom. The maximum atomic E-state index is 11.5. The summed E-state index contributed by atoms with van der Waals surface area (Å²) in [7, 11) is 3.21. The van der Waals surface area contributed by atoms with E-state index in [1.165, 1.54) is 0 Å². The lowest BCUT2D eigenvalue weighted by molar-refractivity contribution is 0.132. The molecule has 0 saturated heterocycles. The Labute approximate surface area is 151 Å². The molecule has 0 saturated carbocycles. The molecule has 3 aliphatic rings. The Morgan fingerprint density at radius 2 is 1.92 bits per heavy atom. The molecule has 26 heavy (non-hydrogen) atoms. The maximum absolute atomic E-state index is 11.5. The molecule has 0 aromatic heterocycles. The van der Waals surface area contributed by atoms with E-state index in [9.17, 15) is 5.11 Å². The maximum Gasteiger partial charge on any atom is 0.231 e. The molecule has 0 bridgehead atoms. The van der Waals surface area contributed by atoms with Crippen molar-refractivity contribution in [3.8, 4) is 34.1 Å². The Kier molecular flexibility index (Phi) is 3.07. The van der Waals surface area contributed by atoms with Gasteiger partial charge in [-0.3, -0.25) is 4.99 Å². The van der Waals surface area contributed by atoms with Crippen LogP contribution in [0.2, 0.25) is 0 Å². The van der Waals surface area contributed by atoms with Crippen LogP contribution >= 0.6 is 0 Å². The van der Waals surface area contributed by atoms with Crippen molar-refractivity contribution in [3.63, 3.8) is 0 Å². The summed E-state index contributed by atoms with van der Waals surface area (Å²) in [5.41, 5.74) is 3.82. The van der Waals surface area contributed by atoms with Crippen LogP contribution < -0.4 is 18.9 Å². The van der Waals surface area contributed by atoms with Crippen molar-refractivity contribution in [1.29, 1.82) is 0 Å². The molecular weight excluding hydrogens is 334 g/mol. The first-order valence-corrected chi connectivity index (χ1v) is 8.56. The van der Waals surface area contributed by atoms with Gasteiger partial charge in [0.2, 0.25) is 6.79 Å². The molecule has 0 radical (unpaired) electrons. The van der Waals surface area contributed by atoms with Crippen LogP contribution in [-0.4, -0.2) is 38.4 Å². The second-order valence-electron chi connectivity index (χ2n) is 6.82. The number of rotatable bonds is 2. The number of benzene rings is 2. The van der Waals surface area contributed by atoms with Crippen LogP contribution in [0.3, 0.4) is 0 Å². The van der Waals surface area contributed by atoms with Crippen LogP contribution in [0.5, 0.6) is 23.0 Å². The van der Waals surface area contributed by atoms with Gasteiger partial charge in [0.25, 0.3) is 0 Å². The van der Waals surface area contributed by atoms with Crippen LogP contribution in [0.4, 0.5) is 0 Å². The largest absolute Gasteiger partial charge is 0.497 e. The van der Waals surface area contributed by atoms with E-state index in [4.69, 9.17) is 18.9 Å². The zero-order valence-corrected chi connectivity index (χ0v) is 14.9. The lowest BCUT2D eigenvalue weighted by atomic mass is 9.71. The Morgan fingerprint density at radius 3 is 2.69 bits per heavy atom. The highest BCUT2D eigenvalue weighted by Gasteiger charge is 2.45. The van der Waals surface area contributed by atoms with E-state index in [1.54, 1.807) is 21.1 Å². The number of hydrogen-bond donors (Lipinski definition) is 1. The van der Waals surface area contributed by atoms with Gasteiger partial charge < -0.3 is 24.1 Å². The van der Waals surface area contributed by atoms with E-state index in [-0.39, 0.29) is 6.79 Å². The Bertz CT molecular complexity index is 977. The van der Waals surface area contributed by atoms with Crippen LogP contribution in [0, 0.1) is 0 Å². The minimum Gasteiger partial charge on any atom is -0.497 e. The normalized spacial score (nSPS) is 21.6. The molecule has 0 spiro atoms. The molecule has 0 unspecified atom stereocenters. The first-order valence-electron chi connectivity index (χ1n) is 8.56. The number of hydrogen-bond acceptors (Lipinski definition) is 6. The predicted octanol–water partition coefficient (Wildman–Crippen LogP) is 2.67. The van der Waals surface area contributed by atoms with E-state index in [0.29, 0.717) is 35.1 Å². The number of aliphatic imine (C=N–C) groups is 1. The molecule has 2 aliphatic heterocycles. The van der Waals surface area contributed by atoms with Gasteiger partial charge in [-0.1, -0.05) is 0 Å². The van der Waals surface area contributed by atoms with Gasteiger partial charge in [-0.15, -0.1) is 0 Å². The molecule has 1 N–H and O–H groups in total. The van der Waals surface area contributed by atoms with E-state index >= 15 is 0 Å². The third-order valence-electron chi connectivity index (χ3n) is 5.40. The Hall–Kier alpha value is -2.73. The summed E-state index contributed by atoms with van der Waals surface area (Å²) in [5, 5.41) is 11.5. The van der Waals surface area contributed by atoms with E-state index in [2.05, 4.69) is 4.99 Å². The molecule has 0 amide bonds. The number of methoxy groups -OCH3 is 2. The summed E-state index contributed by atoms with van der Waals surface area (Å²) in [5.74, 6) is 2.64. The topological polar surface area (TPSA) is 69.5 Å². The molecule has 1 atom stereocenters. The lowest BCUT2D eigenvalue weighted by Gasteiger charge is -2.38. The summed E-state index contributed by atoms with van der Waals surface area (Å²) >= 11 is 0. The summed E-state index contributed by atoms with van der Waals surface area (Å²) < 4.78 is 22.5. The van der Waals surface area contributed by atoms with Crippen LogP contribution in [0.15, 0.2) is 23.2 Å². The van der Waals surface area contributed by atoms with Gasteiger partial charge in [0, 0.05) is 34.9 Å². The van der Waals surface area contributed by atoms with Gasteiger partial charge >= 0.3 is 0 Å². The fourth-order valence-corrected chi connectivity index (χ4v) is 4.20. The van der Waals surface area contributed by atoms with Crippen molar-refractivity contribution in [2.24, 2.45) is 4.99 Å². The third-order valence-corrected chi connectivity index (χ3v) is 5.40. The van der Waals surface area contributed by atoms with Crippen LogP contribution in [-0.2, 0) is 12.0 Å². The third kappa shape index (κ3) is 1.82. The SMILES string of the molecule is COc1cc(OC)c2c(c1)[C@](C)(O)C1=NCCc3cc4c(c-2c31)OCO4. The fourth-order valence-electron chi connectivity index (χ4n) is 4.20. The molecule has 2 heterocycles. The molecule has 1 aliphatic carbocycles. The number of fused-ring (bicyclic) bond motifs is 4. The fraction of sp³-hybridized carbons (Fsp3) is 0.350. The molecule has 134 valence electrons. The zero-order valence-electron chi connectivity index (χ0n) is 14.9. The lowest BCUT2D eigenvalue weighted by Crippen LogP contribution is -2.39. The van der Waals surface area contributed by atoms with E-state index in [0.717, 1.165) is 34.4 Å². The molecule has 2 aromatic carbocycles. The molecule has 6 nitrogen and oxygen atoms in total. The molecular formula is C20H19NO5. The monoisotopic (exact) mass is 353 g/mol. The molecule has 6 heteroatoms. The summed E-state index contributed by atoms with van der Waals surface area (Å²) in [6, 6.07) is 5.67. The molecule has 5 rings (SSSR count). The molecule has 0 fully saturated rings. The first-order chi connectivity index (χ1) is 12.6. The number of aliphatic hydroxyl groups is 1. The first kappa shape index (κ1) is 15.5. The smallest absolute Gasteiger partial charge is 0.231 e. The van der Waals surface area contributed by atoms with Crippen LogP contribution in [0.25, 0.3) is 11.1 Å². The summed E-state index contributed by atoms with van der Waals surface area (Å²) in [4.78, 5) is 4.68. The van der Waals surface area contributed by atoms with Crippen molar-refractivity contribution in [2.45, 2.75) is 18.9 Å². The Balaban J connectivity index is 1.96. The van der Waals surface area contributed by atoms with Gasteiger partial charge in [-0.25, -0.2) is 0 Å². The van der Waals surface area contributed by atoms with Gasteiger partial charge in [0.1, 0.15) is 17.1 Å². The van der Waals surface area contributed by atoms with Crippen molar-refractivity contribution in [2.75, 3.05) is 27.6 Å². The summed E-state index contributed by atoms with van der Waals surface area (Å²) in [6.07, 6.45) is 0.798. The average Bonchev–Trinajstić information content (AvgIpc) is 3.12. The van der Waals surface area contributed by atoms with Gasteiger partial charge in [-0.2, -0.15) is 0 Å². The quantitative estimate of drug-likeness (QED) is 0.899. The summed E-state index contributed by atoms with van der Waals surface area (Å²) in [6.45, 7) is 2.59. The highest BCUT2D eigenvalue weighted by atomic mass is 16.7. The molecule has 2 aromatic rings. The zero-order chi connectivity index (χ0) is 18.1. The minimum atomic E-state index is -1.26. The van der Waals surface area contributed by atoms with Crippen molar-refractivity contribution in [3.05, 3.63) is 34.9 Å². The van der Waals surface area contributed by atoms with Gasteiger partial charge in [0.05, 0.1) is 19.9 Å². The predicted molar refractivity (Wildman–Crippen MR) is 95.8 cm³/mol. The second-order valence-corrected chi connectivity index (χ2v) is 6.82. The number of ether oxygens (including phenoxy) is 4. The highest BCUT2D eigenvalue weighted by Crippen LogP contribution is 2.56. The van der Waals surface area contributed by atoms with E-state index in [1.807, 2.05) is 18.2 Å². The van der Waals surface area contributed by atoms with Gasteiger partial charge in [0.15, 0.2) is 11.5 Å². The minimum absolute atomic E-state index is 0.182. The van der Waals surface area contributed by atoms with Crippen molar-refractivity contribution < 1.29 is 24.1 Å². The standard InChI is InChI=1S/C20H19NO5/c1-20(22)12-7-11(23-2)8-13(24-3)16(12)17-15-10(4-5-21-19(15)20)6-14-18(17)26-9-25-14/h6-8,22H,4-5,9H2,1-3H3/t20-/m0/s1.